The van der Waals surface area contributed by atoms with E-state index in [9.17, 15) is 0 Å². The second-order valence-corrected chi connectivity index (χ2v) is 3.41. The lowest BCUT2D eigenvalue weighted by molar-refractivity contribution is 0.749. The van der Waals surface area contributed by atoms with Crippen LogP contribution in [-0.2, 0) is 0 Å². The zero-order valence-electron chi connectivity index (χ0n) is 9.03. The van der Waals surface area contributed by atoms with Crippen molar-refractivity contribution >= 4 is 5.82 Å². The molecule has 0 aliphatic heterocycles. The van der Waals surface area contributed by atoms with E-state index in [0.717, 1.165) is 31.0 Å². The second-order valence-electron chi connectivity index (χ2n) is 3.41. The van der Waals surface area contributed by atoms with Gasteiger partial charge in [0.15, 0.2) is 0 Å². The number of hydrogen-bond acceptors (Lipinski definition) is 3. The van der Waals surface area contributed by atoms with Crippen LogP contribution in [0.3, 0.4) is 0 Å². The molecule has 3 heteroatoms. The van der Waals surface area contributed by atoms with Gasteiger partial charge in [-0.3, -0.25) is 0 Å². The van der Waals surface area contributed by atoms with E-state index >= 15 is 0 Å². The molecule has 78 valence electrons. The maximum Gasteiger partial charge on any atom is 0.128 e. The van der Waals surface area contributed by atoms with Gasteiger partial charge in [-0.05, 0) is 25.5 Å². The number of anilines is 1. The summed E-state index contributed by atoms with van der Waals surface area (Å²) >= 11 is 0. The normalized spacial score (nSPS) is 10.2. The molecule has 1 aromatic heterocycles. The molecule has 0 spiro atoms. The highest BCUT2D eigenvalue weighted by Crippen LogP contribution is 2.10. The standard InChI is InChI=1S/C11H19N3/c1-3-8-14(9-7-12)11-6-4-5-10(2)13-11/h4-6H,3,7-9,12H2,1-2H3. The van der Waals surface area contributed by atoms with Gasteiger partial charge in [0.05, 0.1) is 0 Å². The average molecular weight is 193 g/mol. The summed E-state index contributed by atoms with van der Waals surface area (Å²) in [6, 6.07) is 6.09. The van der Waals surface area contributed by atoms with Crippen LogP contribution in [-0.4, -0.2) is 24.6 Å². The molecule has 0 aliphatic carbocycles. The number of pyridine rings is 1. The van der Waals surface area contributed by atoms with Crippen LogP contribution in [0.5, 0.6) is 0 Å². The summed E-state index contributed by atoms with van der Waals surface area (Å²) in [6.07, 6.45) is 1.12. The Balaban J connectivity index is 2.75. The van der Waals surface area contributed by atoms with Crippen LogP contribution in [0.4, 0.5) is 5.82 Å². The number of aromatic nitrogens is 1. The zero-order valence-corrected chi connectivity index (χ0v) is 9.03. The molecule has 1 rings (SSSR count). The predicted octanol–water partition coefficient (Wildman–Crippen LogP) is 1.57. The summed E-state index contributed by atoms with van der Waals surface area (Å²) in [6.45, 7) is 6.75. The van der Waals surface area contributed by atoms with E-state index in [4.69, 9.17) is 5.73 Å². The van der Waals surface area contributed by atoms with Crippen molar-refractivity contribution in [2.45, 2.75) is 20.3 Å². The monoisotopic (exact) mass is 193 g/mol. The van der Waals surface area contributed by atoms with E-state index < -0.39 is 0 Å². The highest BCUT2D eigenvalue weighted by atomic mass is 15.2. The van der Waals surface area contributed by atoms with Crippen LogP contribution in [0.25, 0.3) is 0 Å². The number of nitrogens with zero attached hydrogens (tertiary/aromatic N) is 2. The van der Waals surface area contributed by atoms with Gasteiger partial charge >= 0.3 is 0 Å². The summed E-state index contributed by atoms with van der Waals surface area (Å²) < 4.78 is 0. The molecule has 0 saturated heterocycles. The van der Waals surface area contributed by atoms with Crippen molar-refractivity contribution in [1.29, 1.82) is 0 Å². The van der Waals surface area contributed by atoms with Gasteiger partial charge in [-0.2, -0.15) is 0 Å². The van der Waals surface area contributed by atoms with Gasteiger partial charge in [0.2, 0.25) is 0 Å². The third kappa shape index (κ3) is 3.00. The number of rotatable bonds is 5. The molecule has 0 atom stereocenters. The Bertz CT molecular complexity index is 267. The fourth-order valence-corrected chi connectivity index (χ4v) is 1.47. The third-order valence-corrected chi connectivity index (χ3v) is 2.09. The highest BCUT2D eigenvalue weighted by molar-refractivity contribution is 5.38. The van der Waals surface area contributed by atoms with E-state index in [0.29, 0.717) is 6.54 Å². The Hall–Kier alpha value is -1.09. The van der Waals surface area contributed by atoms with Crippen LogP contribution in [0, 0.1) is 6.92 Å². The molecular weight excluding hydrogens is 174 g/mol. The Kier molecular flexibility index (Phi) is 4.40. The van der Waals surface area contributed by atoms with Gasteiger partial charge in [-0.25, -0.2) is 4.98 Å². The molecule has 0 radical (unpaired) electrons. The van der Waals surface area contributed by atoms with Crippen LogP contribution in [0.1, 0.15) is 19.0 Å². The SMILES string of the molecule is CCCN(CCN)c1cccc(C)n1. The van der Waals surface area contributed by atoms with Crippen molar-refractivity contribution in [3.8, 4) is 0 Å². The van der Waals surface area contributed by atoms with Crippen molar-refractivity contribution < 1.29 is 0 Å². The summed E-state index contributed by atoms with van der Waals surface area (Å²) in [5.74, 6) is 1.04. The molecule has 0 amide bonds. The Labute approximate surface area is 85.9 Å². The molecule has 0 aliphatic rings. The third-order valence-electron chi connectivity index (χ3n) is 2.09. The molecule has 0 fully saturated rings. The Morgan fingerprint density at radius 3 is 2.71 bits per heavy atom. The van der Waals surface area contributed by atoms with Gasteiger partial charge in [-0.15, -0.1) is 0 Å². The van der Waals surface area contributed by atoms with E-state index in [1.165, 1.54) is 0 Å². The van der Waals surface area contributed by atoms with E-state index in [1.54, 1.807) is 0 Å². The Morgan fingerprint density at radius 2 is 2.14 bits per heavy atom. The Morgan fingerprint density at radius 1 is 1.36 bits per heavy atom. The minimum absolute atomic E-state index is 0.676. The van der Waals surface area contributed by atoms with Crippen LogP contribution in [0.2, 0.25) is 0 Å². The van der Waals surface area contributed by atoms with Crippen molar-refractivity contribution in [1.82, 2.24) is 4.98 Å². The van der Waals surface area contributed by atoms with Crippen molar-refractivity contribution in [3.63, 3.8) is 0 Å². The predicted molar refractivity (Wildman–Crippen MR) is 60.5 cm³/mol. The van der Waals surface area contributed by atoms with Gasteiger partial charge < -0.3 is 10.6 Å². The lowest BCUT2D eigenvalue weighted by Crippen LogP contribution is -2.30. The second kappa shape index (κ2) is 5.60. The molecule has 0 bridgehead atoms. The first-order valence-corrected chi connectivity index (χ1v) is 5.16. The summed E-state index contributed by atoms with van der Waals surface area (Å²) in [4.78, 5) is 6.71. The van der Waals surface area contributed by atoms with Crippen molar-refractivity contribution in [3.05, 3.63) is 23.9 Å². The zero-order chi connectivity index (χ0) is 10.4. The molecule has 0 saturated carbocycles. The molecule has 2 N–H and O–H groups in total. The molecule has 3 nitrogen and oxygen atoms in total. The minimum Gasteiger partial charge on any atom is -0.355 e. The van der Waals surface area contributed by atoms with Gasteiger partial charge in [0.1, 0.15) is 5.82 Å². The molecule has 1 heterocycles. The fraction of sp³-hybridized carbons (Fsp3) is 0.545. The van der Waals surface area contributed by atoms with E-state index in [2.05, 4.69) is 16.8 Å². The first kappa shape index (κ1) is 11.0. The number of aryl methyl sites for hydroxylation is 1. The van der Waals surface area contributed by atoms with Gasteiger partial charge in [-0.1, -0.05) is 13.0 Å². The molecular formula is C11H19N3. The fourth-order valence-electron chi connectivity index (χ4n) is 1.47. The minimum atomic E-state index is 0.676. The van der Waals surface area contributed by atoms with Crippen LogP contribution >= 0.6 is 0 Å². The number of hydrogen-bond donors (Lipinski definition) is 1. The molecule has 0 unspecified atom stereocenters. The smallest absolute Gasteiger partial charge is 0.128 e. The van der Waals surface area contributed by atoms with E-state index in [-0.39, 0.29) is 0 Å². The van der Waals surface area contributed by atoms with Crippen molar-refractivity contribution in [2.75, 3.05) is 24.5 Å². The summed E-state index contributed by atoms with van der Waals surface area (Å²) in [5, 5.41) is 0. The maximum absolute atomic E-state index is 5.57. The summed E-state index contributed by atoms with van der Waals surface area (Å²) in [7, 11) is 0. The topological polar surface area (TPSA) is 42.1 Å². The van der Waals surface area contributed by atoms with Gasteiger partial charge in [0.25, 0.3) is 0 Å². The largest absolute Gasteiger partial charge is 0.355 e. The summed E-state index contributed by atoms with van der Waals surface area (Å²) in [5.41, 5.74) is 6.62. The van der Waals surface area contributed by atoms with Crippen molar-refractivity contribution in [2.24, 2.45) is 5.73 Å². The average Bonchev–Trinajstić information content (AvgIpc) is 2.17. The first-order valence-electron chi connectivity index (χ1n) is 5.16. The van der Waals surface area contributed by atoms with Crippen LogP contribution in [0.15, 0.2) is 18.2 Å². The highest BCUT2D eigenvalue weighted by Gasteiger charge is 2.04. The molecule has 1 aromatic rings. The number of nitrogens with two attached hydrogens (primary N) is 1. The van der Waals surface area contributed by atoms with Gasteiger partial charge in [0, 0.05) is 25.3 Å². The van der Waals surface area contributed by atoms with E-state index in [1.807, 2.05) is 25.1 Å². The molecule has 14 heavy (non-hydrogen) atoms. The first-order chi connectivity index (χ1) is 6.77. The molecule has 0 aromatic carbocycles. The lowest BCUT2D eigenvalue weighted by Gasteiger charge is -2.22. The van der Waals surface area contributed by atoms with Crippen LogP contribution < -0.4 is 10.6 Å². The maximum atomic E-state index is 5.57. The quantitative estimate of drug-likeness (QED) is 0.771. The lowest BCUT2D eigenvalue weighted by atomic mass is 10.3.